The molecule has 2 rings (SSSR count). The monoisotopic (exact) mass is 262 g/mol. The number of para-hydroxylation sites is 1. The number of nitrogens with zero attached hydrogens (tertiary/aromatic N) is 2. The third-order valence-corrected chi connectivity index (χ3v) is 4.34. The molecule has 1 aliphatic rings. The van der Waals surface area contributed by atoms with Gasteiger partial charge >= 0.3 is 0 Å². The molecule has 0 amide bonds. The topological polar surface area (TPSA) is 26.7 Å². The van der Waals surface area contributed by atoms with Crippen molar-refractivity contribution in [3.05, 3.63) is 29.3 Å². The van der Waals surface area contributed by atoms with Gasteiger partial charge < -0.3 is 5.11 Å². The van der Waals surface area contributed by atoms with Gasteiger partial charge in [0.05, 0.1) is 0 Å². The molecule has 1 saturated heterocycles. The van der Waals surface area contributed by atoms with Crippen molar-refractivity contribution < 1.29 is 5.11 Å². The fourth-order valence-corrected chi connectivity index (χ4v) is 2.71. The first kappa shape index (κ1) is 14.4. The maximum atomic E-state index is 10.1. The SMILES string of the molecule is CCC(C)N1CCN(Cc2cccc(C)c2O)CC1. The van der Waals surface area contributed by atoms with Crippen LogP contribution in [-0.2, 0) is 6.54 Å². The van der Waals surface area contributed by atoms with Gasteiger partial charge in [-0.25, -0.2) is 0 Å². The van der Waals surface area contributed by atoms with Crippen LogP contribution in [-0.4, -0.2) is 47.1 Å². The molecule has 19 heavy (non-hydrogen) atoms. The van der Waals surface area contributed by atoms with Gasteiger partial charge in [0, 0.05) is 44.3 Å². The Kier molecular flexibility index (Phi) is 4.83. The summed E-state index contributed by atoms with van der Waals surface area (Å²) in [4.78, 5) is 5.00. The molecule has 1 aromatic carbocycles. The maximum absolute atomic E-state index is 10.1. The second kappa shape index (κ2) is 6.40. The average molecular weight is 262 g/mol. The third-order valence-electron chi connectivity index (χ3n) is 4.34. The highest BCUT2D eigenvalue weighted by Crippen LogP contribution is 2.23. The van der Waals surface area contributed by atoms with Crippen molar-refractivity contribution in [3.8, 4) is 5.75 Å². The Morgan fingerprint density at radius 3 is 2.53 bits per heavy atom. The molecule has 1 heterocycles. The van der Waals surface area contributed by atoms with Crippen LogP contribution in [0, 0.1) is 6.92 Å². The van der Waals surface area contributed by atoms with Gasteiger partial charge in [-0.3, -0.25) is 9.80 Å². The summed E-state index contributed by atoms with van der Waals surface area (Å²) in [6, 6.07) is 6.71. The van der Waals surface area contributed by atoms with E-state index >= 15 is 0 Å². The van der Waals surface area contributed by atoms with Gasteiger partial charge in [0.2, 0.25) is 0 Å². The molecule has 1 unspecified atom stereocenters. The van der Waals surface area contributed by atoms with E-state index in [0.29, 0.717) is 11.8 Å². The van der Waals surface area contributed by atoms with Gasteiger partial charge in [0.1, 0.15) is 5.75 Å². The number of rotatable bonds is 4. The first-order valence-corrected chi connectivity index (χ1v) is 7.35. The van der Waals surface area contributed by atoms with Crippen LogP contribution in [0.1, 0.15) is 31.4 Å². The summed E-state index contributed by atoms with van der Waals surface area (Å²) in [5.41, 5.74) is 2.02. The van der Waals surface area contributed by atoms with E-state index in [1.807, 2.05) is 25.1 Å². The van der Waals surface area contributed by atoms with Gasteiger partial charge in [-0.1, -0.05) is 25.1 Å². The van der Waals surface area contributed by atoms with E-state index in [2.05, 4.69) is 23.6 Å². The minimum absolute atomic E-state index is 0.465. The Morgan fingerprint density at radius 2 is 1.89 bits per heavy atom. The molecule has 3 nitrogen and oxygen atoms in total. The highest BCUT2D eigenvalue weighted by atomic mass is 16.3. The zero-order valence-corrected chi connectivity index (χ0v) is 12.4. The average Bonchev–Trinajstić information content (AvgIpc) is 2.44. The van der Waals surface area contributed by atoms with E-state index in [-0.39, 0.29) is 0 Å². The molecule has 0 aliphatic carbocycles. The standard InChI is InChI=1S/C16H26N2O/c1-4-14(3)18-10-8-17(9-11-18)12-15-7-5-6-13(2)16(15)19/h5-7,14,19H,4,8-12H2,1-3H3. The van der Waals surface area contributed by atoms with Crippen molar-refractivity contribution >= 4 is 0 Å². The molecule has 106 valence electrons. The van der Waals surface area contributed by atoms with Gasteiger partial charge in [-0.2, -0.15) is 0 Å². The van der Waals surface area contributed by atoms with Crippen LogP contribution in [0.15, 0.2) is 18.2 Å². The minimum Gasteiger partial charge on any atom is -0.507 e. The van der Waals surface area contributed by atoms with Crippen LogP contribution in [0.3, 0.4) is 0 Å². The molecule has 1 atom stereocenters. The van der Waals surface area contributed by atoms with E-state index in [9.17, 15) is 5.11 Å². The fourth-order valence-electron chi connectivity index (χ4n) is 2.71. The van der Waals surface area contributed by atoms with Crippen molar-refractivity contribution in [2.24, 2.45) is 0 Å². The summed E-state index contributed by atoms with van der Waals surface area (Å²) in [6.07, 6.45) is 1.22. The van der Waals surface area contributed by atoms with Crippen molar-refractivity contribution in [2.45, 2.75) is 39.8 Å². The van der Waals surface area contributed by atoms with E-state index in [1.165, 1.54) is 6.42 Å². The zero-order chi connectivity index (χ0) is 13.8. The van der Waals surface area contributed by atoms with Crippen molar-refractivity contribution in [3.63, 3.8) is 0 Å². The predicted molar refractivity (Wildman–Crippen MR) is 79.4 cm³/mol. The number of aromatic hydroxyl groups is 1. The molecule has 1 aromatic rings. The van der Waals surface area contributed by atoms with E-state index in [0.717, 1.165) is 43.9 Å². The van der Waals surface area contributed by atoms with Gasteiger partial charge in [-0.05, 0) is 25.8 Å². The Bertz CT molecular complexity index is 411. The summed E-state index contributed by atoms with van der Waals surface area (Å²) in [7, 11) is 0. The number of hydrogen-bond donors (Lipinski definition) is 1. The molecule has 0 aromatic heterocycles. The highest BCUT2D eigenvalue weighted by Gasteiger charge is 2.20. The number of phenolic OH excluding ortho intramolecular Hbond substituents is 1. The molecular weight excluding hydrogens is 236 g/mol. The number of piperazine rings is 1. The molecule has 1 N–H and O–H groups in total. The summed E-state index contributed by atoms with van der Waals surface area (Å²) in [5.74, 6) is 0.465. The van der Waals surface area contributed by atoms with Crippen LogP contribution in [0.2, 0.25) is 0 Å². The fraction of sp³-hybridized carbons (Fsp3) is 0.625. The van der Waals surface area contributed by atoms with Gasteiger partial charge in [0.15, 0.2) is 0 Å². The van der Waals surface area contributed by atoms with Crippen molar-refractivity contribution in [2.75, 3.05) is 26.2 Å². The lowest BCUT2D eigenvalue weighted by atomic mass is 10.1. The molecular formula is C16H26N2O. The summed E-state index contributed by atoms with van der Waals surface area (Å²) in [6.45, 7) is 11.9. The van der Waals surface area contributed by atoms with Crippen LogP contribution in [0.25, 0.3) is 0 Å². The minimum atomic E-state index is 0.465. The lowest BCUT2D eigenvalue weighted by Crippen LogP contribution is -2.48. The lowest BCUT2D eigenvalue weighted by Gasteiger charge is -2.37. The van der Waals surface area contributed by atoms with Crippen LogP contribution < -0.4 is 0 Å². The highest BCUT2D eigenvalue weighted by molar-refractivity contribution is 5.39. The molecule has 3 heteroatoms. The maximum Gasteiger partial charge on any atom is 0.122 e. The molecule has 1 aliphatic heterocycles. The first-order valence-electron chi connectivity index (χ1n) is 7.35. The van der Waals surface area contributed by atoms with Crippen molar-refractivity contribution in [1.82, 2.24) is 9.80 Å². The van der Waals surface area contributed by atoms with Crippen LogP contribution in [0.5, 0.6) is 5.75 Å². The zero-order valence-electron chi connectivity index (χ0n) is 12.4. The van der Waals surface area contributed by atoms with Crippen LogP contribution >= 0.6 is 0 Å². The third kappa shape index (κ3) is 3.48. The summed E-state index contributed by atoms with van der Waals surface area (Å²) < 4.78 is 0. The quantitative estimate of drug-likeness (QED) is 0.903. The molecule has 0 radical (unpaired) electrons. The largest absolute Gasteiger partial charge is 0.507 e. The predicted octanol–water partition coefficient (Wildman–Crippen LogP) is 2.62. The summed E-state index contributed by atoms with van der Waals surface area (Å²) in [5, 5.41) is 10.1. The van der Waals surface area contributed by atoms with Crippen LogP contribution in [0.4, 0.5) is 0 Å². The number of hydrogen-bond acceptors (Lipinski definition) is 3. The lowest BCUT2D eigenvalue weighted by molar-refractivity contribution is 0.0958. The Balaban J connectivity index is 1.90. The molecule has 0 spiro atoms. The molecule has 0 bridgehead atoms. The van der Waals surface area contributed by atoms with Gasteiger partial charge in [0.25, 0.3) is 0 Å². The normalized spacial score (nSPS) is 19.5. The van der Waals surface area contributed by atoms with E-state index < -0.39 is 0 Å². The number of phenols is 1. The van der Waals surface area contributed by atoms with E-state index in [1.54, 1.807) is 0 Å². The second-order valence-corrected chi connectivity index (χ2v) is 5.65. The van der Waals surface area contributed by atoms with Gasteiger partial charge in [-0.15, -0.1) is 0 Å². The molecule has 0 saturated carbocycles. The smallest absolute Gasteiger partial charge is 0.122 e. The van der Waals surface area contributed by atoms with Crippen molar-refractivity contribution in [1.29, 1.82) is 0 Å². The first-order chi connectivity index (χ1) is 9.11. The second-order valence-electron chi connectivity index (χ2n) is 5.65. The summed E-state index contributed by atoms with van der Waals surface area (Å²) >= 11 is 0. The van der Waals surface area contributed by atoms with E-state index in [4.69, 9.17) is 0 Å². The number of aryl methyl sites for hydroxylation is 1. The Morgan fingerprint density at radius 1 is 1.21 bits per heavy atom. The Hall–Kier alpha value is -1.06. The molecule has 1 fully saturated rings. The number of benzene rings is 1. The Labute approximate surface area is 116 Å².